The molecule has 0 bridgehead atoms. The van der Waals surface area contributed by atoms with Crippen LogP contribution < -0.4 is 4.74 Å². The molecule has 18 heavy (non-hydrogen) atoms. The van der Waals surface area contributed by atoms with E-state index in [4.69, 9.17) is 9.84 Å². The van der Waals surface area contributed by atoms with Crippen LogP contribution in [-0.4, -0.2) is 18.2 Å². The van der Waals surface area contributed by atoms with Gasteiger partial charge in [-0.3, -0.25) is 0 Å². The summed E-state index contributed by atoms with van der Waals surface area (Å²) in [4.78, 5) is 11.1. The van der Waals surface area contributed by atoms with Gasteiger partial charge in [0.25, 0.3) is 0 Å². The second-order valence-electron chi connectivity index (χ2n) is 3.70. The predicted molar refractivity (Wildman–Crippen MR) is 65.3 cm³/mol. The molecule has 4 heteroatoms. The Morgan fingerprint density at radius 3 is 2.50 bits per heavy atom. The van der Waals surface area contributed by atoms with Crippen LogP contribution in [0, 0.1) is 5.82 Å². The van der Waals surface area contributed by atoms with Crippen molar-refractivity contribution in [3.8, 4) is 16.9 Å². The molecule has 2 aromatic rings. The van der Waals surface area contributed by atoms with Gasteiger partial charge in [-0.1, -0.05) is 18.2 Å². The van der Waals surface area contributed by atoms with Crippen molar-refractivity contribution in [1.29, 1.82) is 0 Å². The summed E-state index contributed by atoms with van der Waals surface area (Å²) in [5.41, 5.74) is 0.667. The van der Waals surface area contributed by atoms with Gasteiger partial charge in [-0.25, -0.2) is 9.18 Å². The molecular formula is C14H11FO3. The molecule has 0 unspecified atom stereocenters. The smallest absolute Gasteiger partial charge is 0.336 e. The van der Waals surface area contributed by atoms with Gasteiger partial charge in [-0.2, -0.15) is 0 Å². The van der Waals surface area contributed by atoms with Gasteiger partial charge in [-0.05, 0) is 23.8 Å². The topological polar surface area (TPSA) is 46.5 Å². The third kappa shape index (κ3) is 2.18. The first-order valence-corrected chi connectivity index (χ1v) is 5.29. The van der Waals surface area contributed by atoms with Crippen LogP contribution in [0.25, 0.3) is 11.1 Å². The molecule has 0 atom stereocenters. The highest BCUT2D eigenvalue weighted by Gasteiger charge is 2.14. The minimum Gasteiger partial charge on any atom is -0.497 e. The van der Waals surface area contributed by atoms with Gasteiger partial charge in [0.2, 0.25) is 0 Å². The lowest BCUT2D eigenvalue weighted by Gasteiger charge is -2.08. The van der Waals surface area contributed by atoms with E-state index in [1.807, 2.05) is 0 Å². The van der Waals surface area contributed by atoms with Crippen LogP contribution in [0.2, 0.25) is 0 Å². The van der Waals surface area contributed by atoms with E-state index in [1.54, 1.807) is 24.3 Å². The summed E-state index contributed by atoms with van der Waals surface area (Å²) in [6.45, 7) is 0. The zero-order valence-electron chi connectivity index (χ0n) is 9.68. The molecule has 2 rings (SSSR count). The zero-order chi connectivity index (χ0) is 13.1. The van der Waals surface area contributed by atoms with Gasteiger partial charge >= 0.3 is 5.97 Å². The molecule has 0 saturated heterocycles. The van der Waals surface area contributed by atoms with Crippen molar-refractivity contribution in [2.24, 2.45) is 0 Å². The number of rotatable bonds is 3. The number of halogens is 1. The second-order valence-corrected chi connectivity index (χ2v) is 3.70. The van der Waals surface area contributed by atoms with Gasteiger partial charge in [0.15, 0.2) is 0 Å². The van der Waals surface area contributed by atoms with Crippen molar-refractivity contribution in [2.75, 3.05) is 7.11 Å². The number of carboxylic acid groups (broad SMARTS) is 1. The maximum atomic E-state index is 13.9. The highest BCUT2D eigenvalue weighted by Crippen LogP contribution is 2.28. The molecule has 0 amide bonds. The van der Waals surface area contributed by atoms with Crippen molar-refractivity contribution >= 4 is 5.97 Å². The van der Waals surface area contributed by atoms with Gasteiger partial charge in [0.05, 0.1) is 12.7 Å². The van der Waals surface area contributed by atoms with Crippen molar-refractivity contribution in [3.63, 3.8) is 0 Å². The molecule has 3 nitrogen and oxygen atoms in total. The van der Waals surface area contributed by atoms with Crippen LogP contribution >= 0.6 is 0 Å². The number of benzene rings is 2. The summed E-state index contributed by atoms with van der Waals surface area (Å²) in [7, 11) is 1.44. The molecule has 0 saturated carbocycles. The SMILES string of the molecule is COc1ccc(-c2ccccc2C(=O)O)c(F)c1. The highest BCUT2D eigenvalue weighted by atomic mass is 19.1. The van der Waals surface area contributed by atoms with E-state index in [9.17, 15) is 9.18 Å². The summed E-state index contributed by atoms with van der Waals surface area (Å²) < 4.78 is 18.8. The quantitative estimate of drug-likeness (QED) is 0.904. The fourth-order valence-electron chi connectivity index (χ4n) is 1.75. The maximum Gasteiger partial charge on any atom is 0.336 e. The summed E-state index contributed by atoms with van der Waals surface area (Å²) in [6.07, 6.45) is 0. The normalized spacial score (nSPS) is 10.1. The minimum absolute atomic E-state index is 0.0709. The van der Waals surface area contributed by atoms with E-state index in [-0.39, 0.29) is 11.1 Å². The van der Waals surface area contributed by atoms with Gasteiger partial charge in [0.1, 0.15) is 11.6 Å². The molecule has 0 heterocycles. The van der Waals surface area contributed by atoms with Gasteiger partial charge in [-0.15, -0.1) is 0 Å². The largest absolute Gasteiger partial charge is 0.497 e. The standard InChI is InChI=1S/C14H11FO3/c1-18-9-6-7-11(13(15)8-9)10-4-2-3-5-12(10)14(16)17/h2-8H,1H3,(H,16,17). The summed E-state index contributed by atoms with van der Waals surface area (Å²) in [5, 5.41) is 9.07. The molecule has 1 N–H and O–H groups in total. The number of carboxylic acids is 1. The monoisotopic (exact) mass is 246 g/mol. The lowest BCUT2D eigenvalue weighted by atomic mass is 9.99. The van der Waals surface area contributed by atoms with E-state index in [0.717, 1.165) is 0 Å². The van der Waals surface area contributed by atoms with Crippen molar-refractivity contribution in [1.82, 2.24) is 0 Å². The number of methoxy groups -OCH3 is 1. The van der Waals surface area contributed by atoms with E-state index in [1.165, 1.54) is 25.3 Å². The fourth-order valence-corrected chi connectivity index (χ4v) is 1.75. The van der Waals surface area contributed by atoms with E-state index < -0.39 is 11.8 Å². The Hall–Kier alpha value is -2.36. The summed E-state index contributed by atoms with van der Waals surface area (Å²) in [5.74, 6) is -1.20. The van der Waals surface area contributed by atoms with E-state index >= 15 is 0 Å². The molecule has 0 aliphatic heterocycles. The molecule has 2 aromatic carbocycles. The molecular weight excluding hydrogens is 235 g/mol. The Balaban J connectivity index is 2.59. The van der Waals surface area contributed by atoms with E-state index in [0.29, 0.717) is 11.3 Å². The van der Waals surface area contributed by atoms with Crippen LogP contribution in [0.1, 0.15) is 10.4 Å². The Labute approximate surface area is 103 Å². The Bertz CT molecular complexity index is 593. The van der Waals surface area contributed by atoms with Crippen LogP contribution in [-0.2, 0) is 0 Å². The molecule has 0 fully saturated rings. The zero-order valence-corrected chi connectivity index (χ0v) is 9.68. The number of aromatic carboxylic acids is 1. The fraction of sp³-hybridized carbons (Fsp3) is 0.0714. The average Bonchev–Trinajstić information content (AvgIpc) is 2.38. The third-order valence-electron chi connectivity index (χ3n) is 2.62. The minimum atomic E-state index is -1.08. The number of hydrogen-bond acceptors (Lipinski definition) is 2. The number of hydrogen-bond donors (Lipinski definition) is 1. The van der Waals surface area contributed by atoms with Crippen molar-refractivity contribution in [2.45, 2.75) is 0 Å². The van der Waals surface area contributed by atoms with Crippen LogP contribution in [0.4, 0.5) is 4.39 Å². The van der Waals surface area contributed by atoms with E-state index in [2.05, 4.69) is 0 Å². The maximum absolute atomic E-state index is 13.9. The number of ether oxygens (including phenoxy) is 1. The van der Waals surface area contributed by atoms with Crippen LogP contribution in [0.3, 0.4) is 0 Å². The lowest BCUT2D eigenvalue weighted by molar-refractivity contribution is 0.0697. The Morgan fingerprint density at radius 2 is 1.89 bits per heavy atom. The predicted octanol–water partition coefficient (Wildman–Crippen LogP) is 3.20. The third-order valence-corrected chi connectivity index (χ3v) is 2.62. The van der Waals surface area contributed by atoms with Gasteiger partial charge < -0.3 is 9.84 Å². The first-order chi connectivity index (χ1) is 8.63. The molecule has 0 spiro atoms. The lowest BCUT2D eigenvalue weighted by Crippen LogP contribution is -2.00. The highest BCUT2D eigenvalue weighted by molar-refractivity contribution is 5.96. The van der Waals surface area contributed by atoms with Crippen molar-refractivity contribution in [3.05, 3.63) is 53.8 Å². The van der Waals surface area contributed by atoms with Gasteiger partial charge in [0, 0.05) is 11.6 Å². The average molecular weight is 246 g/mol. The van der Waals surface area contributed by atoms with Crippen LogP contribution in [0.5, 0.6) is 5.75 Å². The molecule has 0 aromatic heterocycles. The first-order valence-electron chi connectivity index (χ1n) is 5.29. The summed E-state index contributed by atoms with van der Waals surface area (Å²) >= 11 is 0. The van der Waals surface area contributed by atoms with Crippen LogP contribution in [0.15, 0.2) is 42.5 Å². The Morgan fingerprint density at radius 1 is 1.17 bits per heavy atom. The Kier molecular flexibility index (Phi) is 3.28. The summed E-state index contributed by atoms with van der Waals surface area (Å²) in [6, 6.07) is 10.6. The molecule has 92 valence electrons. The van der Waals surface area contributed by atoms with Crippen molar-refractivity contribution < 1.29 is 19.0 Å². The second kappa shape index (κ2) is 4.87. The number of carbonyl (C=O) groups is 1. The molecule has 0 radical (unpaired) electrons. The first kappa shape index (κ1) is 12.1. The molecule has 0 aliphatic rings. The molecule has 0 aliphatic carbocycles.